The second-order valence-electron chi connectivity index (χ2n) is 7.90. The summed E-state index contributed by atoms with van der Waals surface area (Å²) in [5.74, 6) is -1.09. The normalized spacial score (nSPS) is 25.7. The minimum atomic E-state index is -4.01. The number of carbonyl (C=O) groups excluding carboxylic acids is 1. The highest BCUT2D eigenvalue weighted by atomic mass is 35.5. The summed E-state index contributed by atoms with van der Waals surface area (Å²) >= 11 is 12.7. The number of rotatable bonds is 6. The first-order valence-corrected chi connectivity index (χ1v) is 12.4. The van der Waals surface area contributed by atoms with Crippen LogP contribution in [-0.2, 0) is 30.1 Å². The zero-order valence-electron chi connectivity index (χ0n) is 17.5. The van der Waals surface area contributed by atoms with Gasteiger partial charge in [0.15, 0.2) is 0 Å². The molecule has 32 heavy (non-hydrogen) atoms. The molecule has 0 spiro atoms. The van der Waals surface area contributed by atoms with Crippen molar-refractivity contribution < 1.29 is 27.0 Å². The lowest BCUT2D eigenvalue weighted by Crippen LogP contribution is -2.46. The zero-order chi connectivity index (χ0) is 23.1. The van der Waals surface area contributed by atoms with Crippen molar-refractivity contribution in [2.45, 2.75) is 41.1 Å². The van der Waals surface area contributed by atoms with Crippen molar-refractivity contribution in [1.82, 2.24) is 5.06 Å². The summed E-state index contributed by atoms with van der Waals surface area (Å²) in [6.07, 6.45) is 1.69. The number of hydrogen-bond donors (Lipinski definition) is 0. The Labute approximate surface area is 197 Å². The Hall–Kier alpha value is -1.84. The number of carbonyl (C=O) groups is 1. The van der Waals surface area contributed by atoms with Gasteiger partial charge in [-0.25, -0.2) is 4.79 Å². The number of alkyl halides is 2. The number of esters is 1. The molecule has 2 fully saturated rings. The first-order chi connectivity index (χ1) is 15.2. The molecule has 1 unspecified atom stereocenters. The molecular formula is C22H23Cl2NO6S. The predicted octanol–water partition coefficient (Wildman–Crippen LogP) is 3.96. The molecule has 2 aromatic carbocycles. The van der Waals surface area contributed by atoms with E-state index in [0.29, 0.717) is 12.1 Å². The van der Waals surface area contributed by atoms with Crippen molar-refractivity contribution in [2.75, 3.05) is 13.7 Å². The highest BCUT2D eigenvalue weighted by Crippen LogP contribution is 2.52. The average Bonchev–Trinajstić information content (AvgIpc) is 3.33. The number of methoxy groups -OCH3 is 1. The molecule has 2 saturated heterocycles. The first kappa shape index (κ1) is 23.3. The predicted molar refractivity (Wildman–Crippen MR) is 119 cm³/mol. The lowest BCUT2D eigenvalue weighted by Gasteiger charge is -2.33. The maximum Gasteiger partial charge on any atom is 0.345 e. The molecule has 3 atom stereocenters. The van der Waals surface area contributed by atoms with Crippen LogP contribution in [-0.4, -0.2) is 44.0 Å². The smallest absolute Gasteiger partial charge is 0.345 e. The fourth-order valence-electron chi connectivity index (χ4n) is 4.43. The number of ether oxygens (including phenoxy) is 1. The van der Waals surface area contributed by atoms with Gasteiger partial charge < -0.3 is 8.92 Å². The lowest BCUT2D eigenvalue weighted by atomic mass is 9.78. The number of benzene rings is 2. The van der Waals surface area contributed by atoms with Crippen LogP contribution in [0.15, 0.2) is 53.4 Å². The van der Waals surface area contributed by atoms with E-state index >= 15 is 0 Å². The van der Waals surface area contributed by atoms with Crippen molar-refractivity contribution in [2.24, 2.45) is 5.92 Å². The Morgan fingerprint density at radius 3 is 2.41 bits per heavy atom. The molecule has 7 nitrogen and oxygen atoms in total. The molecule has 2 heterocycles. The van der Waals surface area contributed by atoms with Gasteiger partial charge in [0, 0.05) is 12.6 Å². The molecule has 0 aromatic heterocycles. The van der Waals surface area contributed by atoms with Gasteiger partial charge in [-0.05, 0) is 49.6 Å². The van der Waals surface area contributed by atoms with Gasteiger partial charge in [-0.1, -0.05) is 29.8 Å². The minimum Gasteiger partial charge on any atom is -0.467 e. The quantitative estimate of drug-likeness (QED) is 0.337. The van der Waals surface area contributed by atoms with Crippen LogP contribution in [0.3, 0.4) is 0 Å². The summed E-state index contributed by atoms with van der Waals surface area (Å²) in [7, 11) is -2.73. The molecule has 2 aromatic rings. The Bertz CT molecular complexity index is 1090. The molecule has 0 N–H and O–H groups in total. The highest BCUT2D eigenvalue weighted by Gasteiger charge is 2.64. The van der Waals surface area contributed by atoms with Gasteiger partial charge in [0.05, 0.1) is 13.0 Å². The van der Waals surface area contributed by atoms with E-state index in [-0.39, 0.29) is 16.7 Å². The summed E-state index contributed by atoms with van der Waals surface area (Å²) in [6.45, 7) is 2.51. The third-order valence-corrected chi connectivity index (χ3v) is 7.76. The Balaban J connectivity index is 1.66. The molecule has 4 rings (SSSR count). The molecule has 2 aliphatic rings. The summed E-state index contributed by atoms with van der Waals surface area (Å²) in [5.41, 5.74) is -0.150. The van der Waals surface area contributed by atoms with Crippen molar-refractivity contribution >= 4 is 39.3 Å². The molecule has 0 bridgehead atoms. The fraction of sp³-hybridized carbons (Fsp3) is 0.409. The first-order valence-electron chi connectivity index (χ1n) is 10.1. The molecule has 0 saturated carbocycles. The largest absolute Gasteiger partial charge is 0.467 e. The monoisotopic (exact) mass is 499 g/mol. The molecular weight excluding hydrogens is 477 g/mol. The van der Waals surface area contributed by atoms with Crippen LogP contribution in [0, 0.1) is 12.8 Å². The summed E-state index contributed by atoms with van der Waals surface area (Å²) in [5, 5.41) is 1.74. The number of fused-ring (bicyclic) bond motifs is 1. The Kier molecular flexibility index (Phi) is 6.44. The molecule has 10 heteroatoms. The van der Waals surface area contributed by atoms with E-state index in [9.17, 15) is 13.2 Å². The maximum absolute atomic E-state index is 13.0. The second kappa shape index (κ2) is 8.83. The number of hydroxylamine groups is 2. The number of nitrogens with zero attached hydrogens (tertiary/aromatic N) is 1. The van der Waals surface area contributed by atoms with E-state index in [1.807, 2.05) is 6.92 Å². The minimum absolute atomic E-state index is 0.0464. The molecule has 0 amide bonds. The van der Waals surface area contributed by atoms with Gasteiger partial charge in [0.1, 0.15) is 15.5 Å². The van der Waals surface area contributed by atoms with Crippen LogP contribution in [0.25, 0.3) is 0 Å². The van der Waals surface area contributed by atoms with Crippen LogP contribution >= 0.6 is 23.2 Å². The van der Waals surface area contributed by atoms with Gasteiger partial charge in [-0.2, -0.15) is 13.5 Å². The molecule has 0 aliphatic carbocycles. The summed E-state index contributed by atoms with van der Waals surface area (Å²) < 4.78 is 35.5. The maximum atomic E-state index is 13.0. The molecule has 172 valence electrons. The van der Waals surface area contributed by atoms with E-state index in [1.54, 1.807) is 29.3 Å². The van der Waals surface area contributed by atoms with Crippen LogP contribution in [0.2, 0.25) is 0 Å². The number of hydrogen-bond acceptors (Lipinski definition) is 7. The van der Waals surface area contributed by atoms with E-state index in [2.05, 4.69) is 0 Å². The average molecular weight is 500 g/mol. The van der Waals surface area contributed by atoms with Crippen LogP contribution in [0.1, 0.15) is 24.0 Å². The second-order valence-corrected chi connectivity index (χ2v) is 10.6. The van der Waals surface area contributed by atoms with E-state index in [1.165, 1.54) is 31.4 Å². The Morgan fingerprint density at radius 2 is 1.81 bits per heavy atom. The van der Waals surface area contributed by atoms with Gasteiger partial charge in [-0.15, -0.1) is 23.2 Å². The molecule has 2 aliphatic heterocycles. The van der Waals surface area contributed by atoms with E-state index < -0.39 is 32.4 Å². The summed E-state index contributed by atoms with van der Waals surface area (Å²) in [4.78, 5) is 18.3. The van der Waals surface area contributed by atoms with Crippen molar-refractivity contribution in [3.63, 3.8) is 0 Å². The van der Waals surface area contributed by atoms with E-state index in [0.717, 1.165) is 18.4 Å². The Morgan fingerprint density at radius 1 is 1.16 bits per heavy atom. The molecule has 0 radical (unpaired) electrons. The third-order valence-electron chi connectivity index (χ3n) is 5.95. The van der Waals surface area contributed by atoms with Crippen LogP contribution < -0.4 is 4.18 Å². The van der Waals surface area contributed by atoms with Crippen molar-refractivity contribution in [3.05, 3.63) is 59.7 Å². The third kappa shape index (κ3) is 3.99. The highest BCUT2D eigenvalue weighted by molar-refractivity contribution is 7.87. The van der Waals surface area contributed by atoms with Crippen LogP contribution in [0.5, 0.6) is 5.75 Å². The van der Waals surface area contributed by atoms with Gasteiger partial charge in [0.25, 0.3) is 0 Å². The zero-order valence-corrected chi connectivity index (χ0v) is 19.9. The van der Waals surface area contributed by atoms with Gasteiger partial charge >= 0.3 is 16.1 Å². The fourth-order valence-corrected chi connectivity index (χ4v) is 6.05. The SMILES string of the molecule is COC(=O)[C@]1(c2ccc(OS(=O)(=O)c3ccc(C)cc3)cc2)ON2CCCC2[C@H]1C(Cl)Cl. The van der Waals surface area contributed by atoms with Gasteiger partial charge in [0.2, 0.25) is 5.60 Å². The van der Waals surface area contributed by atoms with Crippen molar-refractivity contribution in [3.8, 4) is 5.75 Å². The lowest BCUT2D eigenvalue weighted by molar-refractivity contribution is -0.219. The van der Waals surface area contributed by atoms with Gasteiger partial charge in [-0.3, -0.25) is 4.84 Å². The van der Waals surface area contributed by atoms with Crippen molar-refractivity contribution in [1.29, 1.82) is 0 Å². The topological polar surface area (TPSA) is 82.1 Å². The van der Waals surface area contributed by atoms with Crippen LogP contribution in [0.4, 0.5) is 0 Å². The number of halogens is 2. The number of aryl methyl sites for hydroxylation is 1. The standard InChI is InChI=1S/C22H23Cl2NO6S/c1-14-5-11-17(12-6-14)32(27,28)30-16-9-7-15(8-10-16)22(21(26)29-2)19(20(23)24)18-4-3-13-25(18)31-22/h5-12,18-20H,3-4,13H2,1-2H3/t18?,19-,22+/m0/s1. The van der Waals surface area contributed by atoms with E-state index in [4.69, 9.17) is 37.0 Å². The summed E-state index contributed by atoms with van der Waals surface area (Å²) in [6, 6.07) is 12.3.